The van der Waals surface area contributed by atoms with E-state index in [2.05, 4.69) is 46.9 Å². The number of ether oxygens (including phenoxy) is 1. The lowest BCUT2D eigenvalue weighted by molar-refractivity contribution is 0.0154. The summed E-state index contributed by atoms with van der Waals surface area (Å²) in [5.74, 6) is 2.41. The van der Waals surface area contributed by atoms with E-state index in [1.165, 1.54) is 11.1 Å². The van der Waals surface area contributed by atoms with E-state index < -0.39 is 6.10 Å². The quantitative estimate of drug-likeness (QED) is 0.605. The number of aryl methyl sites for hydroxylation is 1. The Bertz CT molecular complexity index is 490. The van der Waals surface area contributed by atoms with Crippen LogP contribution in [-0.2, 0) is 11.3 Å². The van der Waals surface area contributed by atoms with Gasteiger partial charge < -0.3 is 9.84 Å². The van der Waals surface area contributed by atoms with Crippen LogP contribution in [0.25, 0.3) is 0 Å². The van der Waals surface area contributed by atoms with Gasteiger partial charge in [0.15, 0.2) is 0 Å². The lowest BCUT2D eigenvalue weighted by Crippen LogP contribution is -2.48. The van der Waals surface area contributed by atoms with Gasteiger partial charge in [0.25, 0.3) is 0 Å². The lowest BCUT2D eigenvalue weighted by atomic mass is 10.1. The minimum atomic E-state index is -0.461. The normalized spacial score (nSPS) is 18.0. The summed E-state index contributed by atoms with van der Waals surface area (Å²) < 4.78 is 5.17. The van der Waals surface area contributed by atoms with Crippen molar-refractivity contribution in [2.24, 2.45) is 0 Å². The minimum absolute atomic E-state index is 0.265. The number of benzene rings is 1. The maximum absolute atomic E-state index is 9.91. The zero-order valence-corrected chi connectivity index (χ0v) is 13.4. The molecule has 1 N–H and O–H groups in total. The van der Waals surface area contributed by atoms with Crippen LogP contribution in [0.1, 0.15) is 11.1 Å². The van der Waals surface area contributed by atoms with Gasteiger partial charge in [0.2, 0.25) is 0 Å². The van der Waals surface area contributed by atoms with E-state index in [1.54, 1.807) is 0 Å². The van der Waals surface area contributed by atoms with Crippen molar-refractivity contribution in [2.45, 2.75) is 19.6 Å². The highest BCUT2D eigenvalue weighted by molar-refractivity contribution is 5.22. The van der Waals surface area contributed by atoms with Gasteiger partial charge in [-0.15, -0.1) is 6.42 Å². The van der Waals surface area contributed by atoms with E-state index in [0.29, 0.717) is 13.2 Å². The summed E-state index contributed by atoms with van der Waals surface area (Å²) in [5, 5.41) is 9.91. The Hall–Kier alpha value is -1.38. The number of hydrogen-bond acceptors (Lipinski definition) is 4. The first kappa shape index (κ1) is 17.0. The van der Waals surface area contributed by atoms with E-state index in [9.17, 15) is 5.11 Å². The molecule has 1 fully saturated rings. The molecule has 1 unspecified atom stereocenters. The van der Waals surface area contributed by atoms with Crippen LogP contribution in [-0.4, -0.2) is 66.9 Å². The SMILES string of the molecule is C#CCOCC(O)CN1CCN(Cc2cccc(C)c2)CC1. The minimum Gasteiger partial charge on any atom is -0.389 e. The Balaban J connectivity index is 1.68. The number of aliphatic hydroxyl groups is 1. The van der Waals surface area contributed by atoms with Gasteiger partial charge in [-0.25, -0.2) is 0 Å². The lowest BCUT2D eigenvalue weighted by Gasteiger charge is -2.35. The van der Waals surface area contributed by atoms with Gasteiger partial charge in [0, 0.05) is 39.3 Å². The summed E-state index contributed by atoms with van der Waals surface area (Å²) in [4.78, 5) is 4.75. The van der Waals surface area contributed by atoms with Crippen molar-refractivity contribution in [3.05, 3.63) is 35.4 Å². The van der Waals surface area contributed by atoms with Crippen LogP contribution >= 0.6 is 0 Å². The summed E-state index contributed by atoms with van der Waals surface area (Å²) in [6, 6.07) is 8.68. The molecule has 1 atom stereocenters. The molecule has 0 radical (unpaired) electrons. The third-order valence-corrected chi connectivity index (χ3v) is 3.92. The van der Waals surface area contributed by atoms with E-state index in [1.807, 2.05) is 0 Å². The summed E-state index contributed by atoms with van der Waals surface area (Å²) in [6.07, 6.45) is 4.65. The van der Waals surface area contributed by atoms with Gasteiger partial charge in [0.05, 0.1) is 12.7 Å². The monoisotopic (exact) mass is 302 g/mol. The molecule has 1 aromatic carbocycles. The van der Waals surface area contributed by atoms with Crippen molar-refractivity contribution in [3.8, 4) is 12.3 Å². The molecule has 1 aromatic rings. The molecule has 0 bridgehead atoms. The molecule has 0 amide bonds. The molecule has 22 heavy (non-hydrogen) atoms. The highest BCUT2D eigenvalue weighted by atomic mass is 16.5. The third kappa shape index (κ3) is 5.78. The second-order valence-corrected chi connectivity index (χ2v) is 5.94. The van der Waals surface area contributed by atoms with Gasteiger partial charge in [-0.05, 0) is 12.5 Å². The number of piperazine rings is 1. The predicted molar refractivity (Wildman–Crippen MR) is 88.6 cm³/mol. The molecule has 120 valence electrons. The van der Waals surface area contributed by atoms with E-state index in [0.717, 1.165) is 32.7 Å². The van der Waals surface area contributed by atoms with Crippen LogP contribution in [0.2, 0.25) is 0 Å². The Morgan fingerprint density at radius 1 is 1.27 bits per heavy atom. The van der Waals surface area contributed by atoms with Crippen molar-refractivity contribution >= 4 is 0 Å². The molecule has 1 saturated heterocycles. The Morgan fingerprint density at radius 3 is 2.68 bits per heavy atom. The Labute approximate surface area is 133 Å². The molecule has 0 saturated carbocycles. The van der Waals surface area contributed by atoms with Crippen LogP contribution in [0.5, 0.6) is 0 Å². The van der Waals surface area contributed by atoms with Crippen LogP contribution < -0.4 is 0 Å². The highest BCUT2D eigenvalue weighted by Gasteiger charge is 2.19. The molecule has 1 aliphatic heterocycles. The maximum Gasteiger partial charge on any atom is 0.107 e. The molecule has 1 aliphatic rings. The zero-order valence-electron chi connectivity index (χ0n) is 13.4. The average molecular weight is 302 g/mol. The van der Waals surface area contributed by atoms with E-state index in [4.69, 9.17) is 11.2 Å². The van der Waals surface area contributed by atoms with Crippen molar-refractivity contribution in [1.82, 2.24) is 9.80 Å². The first-order valence-corrected chi connectivity index (χ1v) is 7.87. The summed E-state index contributed by atoms with van der Waals surface area (Å²) in [7, 11) is 0. The second kappa shape index (κ2) is 8.92. The van der Waals surface area contributed by atoms with E-state index in [-0.39, 0.29) is 6.61 Å². The van der Waals surface area contributed by atoms with Crippen LogP contribution in [0.3, 0.4) is 0 Å². The topological polar surface area (TPSA) is 35.9 Å². The van der Waals surface area contributed by atoms with Gasteiger partial charge in [0.1, 0.15) is 6.61 Å². The number of β-amino-alcohol motifs (C(OH)–C–C–N with tert-alkyl or cyclic N) is 1. The number of aliphatic hydroxyl groups excluding tert-OH is 1. The standard InChI is InChI=1S/C18H26N2O2/c1-3-11-22-15-18(21)14-20-9-7-19(8-10-20)13-17-6-4-5-16(2)12-17/h1,4-6,12,18,21H,7-11,13-15H2,2H3. The average Bonchev–Trinajstić information content (AvgIpc) is 2.50. The van der Waals surface area contributed by atoms with Gasteiger partial charge in [-0.1, -0.05) is 35.7 Å². The van der Waals surface area contributed by atoms with Gasteiger partial charge in [-0.3, -0.25) is 9.80 Å². The first-order chi connectivity index (χ1) is 10.7. The molecular weight excluding hydrogens is 276 g/mol. The Kier molecular flexibility index (Phi) is 6.88. The van der Waals surface area contributed by atoms with E-state index >= 15 is 0 Å². The Morgan fingerprint density at radius 2 is 2.00 bits per heavy atom. The zero-order chi connectivity index (χ0) is 15.8. The van der Waals surface area contributed by atoms with Crippen LogP contribution in [0.4, 0.5) is 0 Å². The fraction of sp³-hybridized carbons (Fsp3) is 0.556. The number of terminal acetylenes is 1. The summed E-state index contributed by atoms with van der Waals surface area (Å²) >= 11 is 0. The van der Waals surface area contributed by atoms with Crippen LogP contribution in [0.15, 0.2) is 24.3 Å². The van der Waals surface area contributed by atoms with Gasteiger partial charge >= 0.3 is 0 Å². The van der Waals surface area contributed by atoms with Crippen molar-refractivity contribution < 1.29 is 9.84 Å². The molecule has 4 heteroatoms. The largest absolute Gasteiger partial charge is 0.389 e. The maximum atomic E-state index is 9.91. The summed E-state index contributed by atoms with van der Waals surface area (Å²) in [6.45, 7) is 8.40. The number of rotatable bonds is 7. The van der Waals surface area contributed by atoms with Crippen LogP contribution in [0, 0.1) is 19.3 Å². The van der Waals surface area contributed by atoms with Gasteiger partial charge in [-0.2, -0.15) is 0 Å². The number of nitrogens with zero attached hydrogens (tertiary/aromatic N) is 2. The molecule has 2 rings (SSSR count). The van der Waals surface area contributed by atoms with Crippen molar-refractivity contribution in [3.63, 3.8) is 0 Å². The third-order valence-electron chi connectivity index (χ3n) is 3.92. The van der Waals surface area contributed by atoms with Crippen molar-refractivity contribution in [2.75, 3.05) is 45.9 Å². The molecule has 4 nitrogen and oxygen atoms in total. The molecule has 1 heterocycles. The summed E-state index contributed by atoms with van der Waals surface area (Å²) in [5.41, 5.74) is 2.68. The fourth-order valence-corrected chi connectivity index (χ4v) is 2.80. The number of hydrogen-bond donors (Lipinski definition) is 1. The smallest absolute Gasteiger partial charge is 0.107 e. The highest BCUT2D eigenvalue weighted by Crippen LogP contribution is 2.10. The molecule has 0 aromatic heterocycles. The predicted octanol–water partition coefficient (Wildman–Crippen LogP) is 1.12. The molecule has 0 spiro atoms. The first-order valence-electron chi connectivity index (χ1n) is 7.87. The fourth-order valence-electron chi connectivity index (χ4n) is 2.80. The molecule has 0 aliphatic carbocycles. The molecular formula is C18H26N2O2. The van der Waals surface area contributed by atoms with Crippen molar-refractivity contribution in [1.29, 1.82) is 0 Å². The second-order valence-electron chi connectivity index (χ2n) is 5.94.